The normalized spacial score (nSPS) is 23.8. The van der Waals surface area contributed by atoms with Gasteiger partial charge in [0.15, 0.2) is 5.78 Å². The van der Waals surface area contributed by atoms with E-state index in [2.05, 4.69) is 11.8 Å². The molecule has 1 aromatic carbocycles. The molecule has 2 rings (SSSR count). The number of aliphatic hydroxyl groups is 1. The van der Waals surface area contributed by atoms with Crippen molar-refractivity contribution in [3.63, 3.8) is 0 Å². The van der Waals surface area contributed by atoms with Crippen LogP contribution in [0.2, 0.25) is 0 Å². The number of aliphatic hydroxyl groups excluding tert-OH is 1. The van der Waals surface area contributed by atoms with Crippen LogP contribution in [0, 0.1) is 19.8 Å². The topological polar surface area (TPSA) is 40.5 Å². The van der Waals surface area contributed by atoms with Gasteiger partial charge >= 0.3 is 0 Å². The summed E-state index contributed by atoms with van der Waals surface area (Å²) in [5.41, 5.74) is 2.96. The first-order valence-corrected chi connectivity index (χ1v) is 6.98. The van der Waals surface area contributed by atoms with Crippen LogP contribution in [0.5, 0.6) is 0 Å². The van der Waals surface area contributed by atoms with E-state index in [4.69, 9.17) is 0 Å². The quantitative estimate of drug-likeness (QED) is 0.845. The third-order valence-electron chi connectivity index (χ3n) is 4.22. The Hall–Kier alpha value is -1.19. The molecule has 0 saturated carbocycles. The molecular formula is C16H23NO2. The van der Waals surface area contributed by atoms with Gasteiger partial charge in [-0.15, -0.1) is 0 Å². The van der Waals surface area contributed by atoms with E-state index in [1.807, 2.05) is 32.0 Å². The Balaban J connectivity index is 2.11. The molecule has 1 fully saturated rings. The monoisotopic (exact) mass is 261 g/mol. The molecule has 2 unspecified atom stereocenters. The minimum Gasteiger partial charge on any atom is -0.395 e. The highest BCUT2D eigenvalue weighted by atomic mass is 16.3. The fourth-order valence-corrected chi connectivity index (χ4v) is 2.89. The number of hydrogen-bond acceptors (Lipinski definition) is 3. The number of Topliss-reactive ketones (excluding diaryl/α,β-unsaturated/α-hetero) is 1. The molecule has 0 bridgehead atoms. The molecule has 104 valence electrons. The summed E-state index contributed by atoms with van der Waals surface area (Å²) < 4.78 is 0. The highest BCUT2D eigenvalue weighted by Gasteiger charge is 2.31. The van der Waals surface area contributed by atoms with Gasteiger partial charge in [0.25, 0.3) is 0 Å². The number of ketones is 1. The summed E-state index contributed by atoms with van der Waals surface area (Å²) in [6.07, 6.45) is 1.06. The molecule has 1 aromatic rings. The Bertz CT molecular complexity index is 470. The lowest BCUT2D eigenvalue weighted by Gasteiger charge is -2.24. The van der Waals surface area contributed by atoms with Crippen LogP contribution in [0.25, 0.3) is 0 Å². The molecule has 1 saturated heterocycles. The first-order valence-electron chi connectivity index (χ1n) is 6.98. The Morgan fingerprint density at radius 2 is 2.16 bits per heavy atom. The summed E-state index contributed by atoms with van der Waals surface area (Å²) >= 11 is 0. The van der Waals surface area contributed by atoms with E-state index in [1.165, 1.54) is 0 Å². The van der Waals surface area contributed by atoms with E-state index in [0.717, 1.165) is 29.7 Å². The highest BCUT2D eigenvalue weighted by molar-refractivity contribution is 5.99. The third-order valence-corrected chi connectivity index (χ3v) is 4.22. The zero-order valence-corrected chi connectivity index (χ0v) is 12.0. The number of hydrogen-bond donors (Lipinski definition) is 1. The molecule has 1 heterocycles. The first-order chi connectivity index (χ1) is 9.02. The summed E-state index contributed by atoms with van der Waals surface area (Å²) in [6.45, 7) is 7.58. The first kappa shape index (κ1) is 14.2. The predicted octanol–water partition coefficient (Wildman–Crippen LogP) is 2.19. The van der Waals surface area contributed by atoms with Crippen LogP contribution in [-0.2, 0) is 0 Å². The third kappa shape index (κ3) is 3.04. The maximum atomic E-state index is 12.4. The zero-order valence-electron chi connectivity index (χ0n) is 12.0. The number of aryl methyl sites for hydroxylation is 2. The van der Waals surface area contributed by atoms with Crippen molar-refractivity contribution in [3.05, 3.63) is 34.9 Å². The summed E-state index contributed by atoms with van der Waals surface area (Å²) in [6, 6.07) is 6.12. The summed E-state index contributed by atoms with van der Waals surface area (Å²) in [5, 5.41) is 9.44. The fraction of sp³-hybridized carbons (Fsp3) is 0.562. The number of carbonyl (C=O) groups is 1. The second-order valence-electron chi connectivity index (χ2n) is 5.73. The van der Waals surface area contributed by atoms with Gasteiger partial charge in [-0.05, 0) is 44.4 Å². The molecule has 19 heavy (non-hydrogen) atoms. The average Bonchev–Trinajstić information content (AvgIpc) is 2.72. The molecule has 0 amide bonds. The SMILES string of the molecule is Cc1ccc(C)c(C(=O)CN2CCC(C)C2CO)c1. The second-order valence-corrected chi connectivity index (χ2v) is 5.73. The minimum absolute atomic E-state index is 0.133. The minimum atomic E-state index is 0.133. The van der Waals surface area contributed by atoms with Crippen LogP contribution in [0.4, 0.5) is 0 Å². The Morgan fingerprint density at radius 1 is 1.42 bits per heavy atom. The molecule has 0 aromatic heterocycles. The van der Waals surface area contributed by atoms with Crippen molar-refractivity contribution in [2.24, 2.45) is 5.92 Å². The maximum Gasteiger partial charge on any atom is 0.177 e. The second kappa shape index (κ2) is 5.85. The number of carbonyl (C=O) groups excluding carboxylic acids is 1. The number of rotatable bonds is 4. The van der Waals surface area contributed by atoms with Crippen molar-refractivity contribution >= 4 is 5.78 Å². The smallest absolute Gasteiger partial charge is 0.177 e. The van der Waals surface area contributed by atoms with Crippen LogP contribution in [0.3, 0.4) is 0 Å². The lowest BCUT2D eigenvalue weighted by atomic mass is 10.0. The van der Waals surface area contributed by atoms with E-state index in [9.17, 15) is 9.90 Å². The highest BCUT2D eigenvalue weighted by Crippen LogP contribution is 2.24. The van der Waals surface area contributed by atoms with Gasteiger partial charge in [0.1, 0.15) is 0 Å². The molecule has 2 atom stereocenters. The van der Waals surface area contributed by atoms with Crippen molar-refractivity contribution in [3.8, 4) is 0 Å². The van der Waals surface area contributed by atoms with E-state index < -0.39 is 0 Å². The average molecular weight is 261 g/mol. The number of benzene rings is 1. The molecule has 1 aliphatic rings. The van der Waals surface area contributed by atoms with E-state index in [1.54, 1.807) is 0 Å². The predicted molar refractivity (Wildman–Crippen MR) is 76.5 cm³/mol. The molecule has 0 aliphatic carbocycles. The van der Waals surface area contributed by atoms with Crippen molar-refractivity contribution in [1.82, 2.24) is 4.90 Å². The van der Waals surface area contributed by atoms with Gasteiger partial charge in [0.2, 0.25) is 0 Å². The Kier molecular flexibility index (Phi) is 4.38. The Labute approximate surface area is 115 Å². The van der Waals surface area contributed by atoms with Gasteiger partial charge in [-0.2, -0.15) is 0 Å². The van der Waals surface area contributed by atoms with Crippen molar-refractivity contribution < 1.29 is 9.90 Å². The van der Waals surface area contributed by atoms with Gasteiger partial charge in [0, 0.05) is 11.6 Å². The van der Waals surface area contributed by atoms with Gasteiger partial charge < -0.3 is 5.11 Å². The number of nitrogens with zero attached hydrogens (tertiary/aromatic N) is 1. The molecule has 0 radical (unpaired) electrons. The van der Waals surface area contributed by atoms with Gasteiger partial charge in [-0.1, -0.05) is 24.6 Å². The molecule has 1 N–H and O–H groups in total. The van der Waals surface area contributed by atoms with Crippen LogP contribution < -0.4 is 0 Å². The molecule has 3 nitrogen and oxygen atoms in total. The van der Waals surface area contributed by atoms with E-state index in [0.29, 0.717) is 12.5 Å². The van der Waals surface area contributed by atoms with Crippen LogP contribution in [0.1, 0.15) is 34.8 Å². The lowest BCUT2D eigenvalue weighted by Crippen LogP contribution is -2.38. The molecule has 1 aliphatic heterocycles. The van der Waals surface area contributed by atoms with Gasteiger partial charge in [0.05, 0.1) is 13.2 Å². The zero-order chi connectivity index (χ0) is 14.0. The number of likely N-dealkylation sites (tertiary alicyclic amines) is 1. The van der Waals surface area contributed by atoms with Crippen LogP contribution >= 0.6 is 0 Å². The van der Waals surface area contributed by atoms with E-state index >= 15 is 0 Å². The van der Waals surface area contributed by atoms with Gasteiger partial charge in [-0.25, -0.2) is 0 Å². The standard InChI is InChI=1S/C16H23NO2/c1-11-4-5-12(2)14(8-11)16(19)9-17-7-6-13(3)15(17)10-18/h4-5,8,13,15,18H,6-7,9-10H2,1-3H3. The lowest BCUT2D eigenvalue weighted by molar-refractivity contribution is 0.0865. The molecule has 3 heteroatoms. The molecular weight excluding hydrogens is 238 g/mol. The fourth-order valence-electron chi connectivity index (χ4n) is 2.89. The Morgan fingerprint density at radius 3 is 2.84 bits per heavy atom. The van der Waals surface area contributed by atoms with E-state index in [-0.39, 0.29) is 18.4 Å². The van der Waals surface area contributed by atoms with Crippen LogP contribution in [-0.4, -0.2) is 41.5 Å². The summed E-state index contributed by atoms with van der Waals surface area (Å²) in [7, 11) is 0. The summed E-state index contributed by atoms with van der Waals surface area (Å²) in [5.74, 6) is 0.630. The summed E-state index contributed by atoms with van der Waals surface area (Å²) in [4.78, 5) is 14.5. The van der Waals surface area contributed by atoms with Crippen molar-refractivity contribution in [1.29, 1.82) is 0 Å². The van der Waals surface area contributed by atoms with Crippen molar-refractivity contribution in [2.45, 2.75) is 33.2 Å². The maximum absolute atomic E-state index is 12.4. The molecule has 0 spiro atoms. The van der Waals surface area contributed by atoms with Crippen molar-refractivity contribution in [2.75, 3.05) is 19.7 Å². The van der Waals surface area contributed by atoms with Gasteiger partial charge in [-0.3, -0.25) is 9.69 Å². The van der Waals surface area contributed by atoms with Crippen LogP contribution in [0.15, 0.2) is 18.2 Å². The largest absolute Gasteiger partial charge is 0.395 e.